The van der Waals surface area contributed by atoms with Crippen molar-refractivity contribution in [1.29, 1.82) is 0 Å². The molecule has 2 aliphatic carbocycles. The van der Waals surface area contributed by atoms with Crippen LogP contribution in [0.3, 0.4) is 0 Å². The average molecular weight is 410 g/mol. The van der Waals surface area contributed by atoms with Crippen molar-refractivity contribution in [2.24, 2.45) is 17.8 Å². The molecule has 2 fully saturated rings. The summed E-state index contributed by atoms with van der Waals surface area (Å²) in [6, 6.07) is 0. The topological polar surface area (TPSA) is 9.23 Å². The third-order valence-electron chi connectivity index (χ3n) is 4.06. The first-order valence-electron chi connectivity index (χ1n) is 6.98. The number of ether oxygens (including phenoxy) is 1. The quantitative estimate of drug-likeness (QED) is 0.474. The summed E-state index contributed by atoms with van der Waals surface area (Å²) in [7, 11) is 1.81. The minimum absolute atomic E-state index is 0. The Morgan fingerprint density at radius 2 is 1.47 bits per heavy atom. The third kappa shape index (κ3) is 7.51. The summed E-state index contributed by atoms with van der Waals surface area (Å²) in [5, 5.41) is 0. The van der Waals surface area contributed by atoms with Crippen molar-refractivity contribution >= 4 is 0 Å². The van der Waals surface area contributed by atoms with Crippen LogP contribution in [0.5, 0.6) is 0 Å². The third-order valence-corrected chi connectivity index (χ3v) is 4.06. The Morgan fingerprint density at radius 1 is 0.895 bits per heavy atom. The minimum atomic E-state index is 0. The van der Waals surface area contributed by atoms with Crippen molar-refractivity contribution < 1.29 is 70.2 Å². The van der Waals surface area contributed by atoms with E-state index in [2.05, 4.69) is 31.6 Å². The van der Waals surface area contributed by atoms with E-state index in [-0.39, 0.29) is 65.4 Å². The average Bonchev–Trinajstić information content (AvgIpc) is 2.39. The molecule has 0 spiro atoms. The van der Waals surface area contributed by atoms with Crippen LogP contribution in [0.2, 0.25) is 0 Å². The standard InChI is InChI=1S/C16H24O.2Y/c1-13-3-5-14(6-4-13)7-8-15-9-11-16(17-2)12-10-15;;/h5,9,13-16H,3-4,6,10-12H2,1-2H3;;/q-2;;. The molecular formula is C16H24OY2-2. The van der Waals surface area contributed by atoms with E-state index in [1.54, 1.807) is 0 Å². The Balaban J connectivity index is 0.00000162. The van der Waals surface area contributed by atoms with Crippen LogP contribution in [0.4, 0.5) is 0 Å². The van der Waals surface area contributed by atoms with Gasteiger partial charge in [-0.3, -0.25) is 0 Å². The summed E-state index contributed by atoms with van der Waals surface area (Å²) in [6.07, 6.45) is 12.5. The molecule has 3 heteroatoms. The van der Waals surface area contributed by atoms with Crippen LogP contribution < -0.4 is 0 Å². The molecule has 19 heavy (non-hydrogen) atoms. The van der Waals surface area contributed by atoms with Crippen molar-refractivity contribution in [1.82, 2.24) is 0 Å². The van der Waals surface area contributed by atoms with E-state index >= 15 is 0 Å². The predicted molar refractivity (Wildman–Crippen MR) is 71.0 cm³/mol. The summed E-state index contributed by atoms with van der Waals surface area (Å²) in [5.74, 6) is 8.86. The largest absolute Gasteiger partial charge is 0.384 e. The Hall–Kier alpha value is 1.73. The molecule has 0 heterocycles. The molecule has 0 amide bonds. The molecule has 0 aromatic carbocycles. The van der Waals surface area contributed by atoms with Gasteiger partial charge in [-0.05, 0) is 6.42 Å². The van der Waals surface area contributed by atoms with Gasteiger partial charge in [0.1, 0.15) is 0 Å². The van der Waals surface area contributed by atoms with Crippen LogP contribution in [-0.2, 0) is 70.2 Å². The predicted octanol–water partition coefficient (Wildman–Crippen LogP) is 3.64. The zero-order valence-electron chi connectivity index (χ0n) is 12.3. The fraction of sp³-hybridized carbons (Fsp3) is 0.750. The zero-order chi connectivity index (χ0) is 12.1. The van der Waals surface area contributed by atoms with Gasteiger partial charge < -0.3 is 17.6 Å². The van der Waals surface area contributed by atoms with Crippen LogP contribution in [0.1, 0.15) is 45.4 Å². The van der Waals surface area contributed by atoms with Crippen LogP contribution >= 0.6 is 0 Å². The Morgan fingerprint density at radius 3 is 1.89 bits per heavy atom. The SMILES string of the molecule is COC1C[CH-]C(C#CC2[CH-]CC(C)CC2)CC1.[Y].[Y]. The van der Waals surface area contributed by atoms with Crippen LogP contribution in [0, 0.1) is 42.4 Å². The summed E-state index contributed by atoms with van der Waals surface area (Å²) in [5.41, 5.74) is 0. The Labute approximate surface area is 169 Å². The van der Waals surface area contributed by atoms with Gasteiger partial charge in [-0.25, -0.2) is 0 Å². The van der Waals surface area contributed by atoms with Crippen molar-refractivity contribution in [3.05, 3.63) is 12.8 Å². The number of methoxy groups -OCH3 is 1. The Bertz CT molecular complexity index is 279. The molecule has 2 radical (unpaired) electrons. The van der Waals surface area contributed by atoms with Crippen LogP contribution in [0.25, 0.3) is 0 Å². The molecule has 0 aromatic rings. The number of hydrogen-bond acceptors (Lipinski definition) is 1. The van der Waals surface area contributed by atoms with Gasteiger partial charge in [0.15, 0.2) is 0 Å². The molecule has 0 bridgehead atoms. The summed E-state index contributed by atoms with van der Waals surface area (Å²) in [6.45, 7) is 2.33. The molecular weight excluding hydrogens is 386 g/mol. The van der Waals surface area contributed by atoms with Gasteiger partial charge in [-0.2, -0.15) is 12.8 Å². The second-order valence-electron chi connectivity index (χ2n) is 5.56. The van der Waals surface area contributed by atoms with Gasteiger partial charge in [0, 0.05) is 78.6 Å². The minimum Gasteiger partial charge on any atom is -0.384 e. The molecule has 0 aromatic heterocycles. The number of rotatable bonds is 1. The van der Waals surface area contributed by atoms with Gasteiger partial charge in [-0.1, -0.05) is 32.1 Å². The monoisotopic (exact) mass is 410 g/mol. The van der Waals surface area contributed by atoms with Crippen LogP contribution in [-0.4, -0.2) is 13.2 Å². The zero-order valence-corrected chi connectivity index (χ0v) is 17.9. The van der Waals surface area contributed by atoms with Crippen molar-refractivity contribution in [3.8, 4) is 11.8 Å². The summed E-state index contributed by atoms with van der Waals surface area (Å²) < 4.78 is 5.36. The van der Waals surface area contributed by atoms with E-state index in [1.165, 1.54) is 25.7 Å². The molecule has 2 saturated carbocycles. The summed E-state index contributed by atoms with van der Waals surface area (Å²) in [4.78, 5) is 0. The fourth-order valence-electron chi connectivity index (χ4n) is 2.70. The first kappa shape index (κ1) is 20.7. The first-order valence-corrected chi connectivity index (χ1v) is 6.98. The van der Waals surface area contributed by atoms with Crippen molar-refractivity contribution in [3.63, 3.8) is 0 Å². The first-order chi connectivity index (χ1) is 8.28. The van der Waals surface area contributed by atoms with E-state index in [4.69, 9.17) is 4.74 Å². The maximum Gasteiger partial charge on any atom is 0.0357 e. The fourth-order valence-corrected chi connectivity index (χ4v) is 2.70. The molecule has 102 valence electrons. The molecule has 1 nitrogen and oxygen atoms in total. The molecule has 0 N–H and O–H groups in total. The molecule has 2 aliphatic rings. The Kier molecular flexibility index (Phi) is 12.3. The van der Waals surface area contributed by atoms with Gasteiger partial charge in [0.25, 0.3) is 0 Å². The molecule has 0 aliphatic heterocycles. The van der Waals surface area contributed by atoms with Crippen molar-refractivity contribution in [2.75, 3.05) is 7.11 Å². The normalized spacial score (nSPS) is 34.2. The number of hydrogen-bond donors (Lipinski definition) is 0. The molecule has 0 saturated heterocycles. The van der Waals surface area contributed by atoms with E-state index < -0.39 is 0 Å². The van der Waals surface area contributed by atoms with E-state index in [9.17, 15) is 0 Å². The molecule has 4 unspecified atom stereocenters. The second kappa shape index (κ2) is 11.3. The van der Waals surface area contributed by atoms with Gasteiger partial charge in [-0.15, -0.1) is 23.7 Å². The van der Waals surface area contributed by atoms with Crippen molar-refractivity contribution in [2.45, 2.75) is 51.6 Å². The van der Waals surface area contributed by atoms with Gasteiger partial charge in [0.05, 0.1) is 0 Å². The maximum atomic E-state index is 5.36. The van der Waals surface area contributed by atoms with E-state index in [0.29, 0.717) is 17.9 Å². The van der Waals surface area contributed by atoms with Crippen LogP contribution in [0.15, 0.2) is 0 Å². The maximum absolute atomic E-state index is 5.36. The smallest absolute Gasteiger partial charge is 0.0357 e. The van der Waals surface area contributed by atoms with Gasteiger partial charge in [0.2, 0.25) is 0 Å². The van der Waals surface area contributed by atoms with E-state index in [0.717, 1.165) is 18.8 Å². The van der Waals surface area contributed by atoms with Gasteiger partial charge >= 0.3 is 0 Å². The summed E-state index contributed by atoms with van der Waals surface area (Å²) >= 11 is 0. The van der Waals surface area contributed by atoms with E-state index in [1.807, 2.05) is 7.11 Å². The second-order valence-corrected chi connectivity index (χ2v) is 5.56. The molecule has 4 atom stereocenters. The molecule has 2 rings (SSSR count).